The summed E-state index contributed by atoms with van der Waals surface area (Å²) in [5, 5.41) is 0. The standard InChI is InChI=1S/C15H22FN/c1-2-15(16,11-17)10-13-8-5-7-12-6-3-4-9-14(12)13/h3-4,6,9,13H,2,5,7-8,10-11,17H2,1H3. The Kier molecular flexibility index (Phi) is 3.82. The number of nitrogens with two attached hydrogens (primary N) is 1. The SMILES string of the molecule is CCC(F)(CN)CC1CCCc2ccccc21. The Morgan fingerprint density at radius 3 is 2.88 bits per heavy atom. The number of hydrogen-bond donors (Lipinski definition) is 1. The summed E-state index contributed by atoms with van der Waals surface area (Å²) in [5.74, 6) is 0.355. The van der Waals surface area contributed by atoms with Gasteiger partial charge in [-0.25, -0.2) is 4.39 Å². The predicted octanol–water partition coefficient (Wildman–Crippen LogP) is 3.57. The molecular weight excluding hydrogens is 213 g/mol. The molecule has 0 saturated carbocycles. The third-order valence-corrected chi connectivity index (χ3v) is 4.11. The Bertz CT molecular complexity index is 371. The van der Waals surface area contributed by atoms with Crippen LogP contribution >= 0.6 is 0 Å². The van der Waals surface area contributed by atoms with Crippen molar-refractivity contribution in [3.8, 4) is 0 Å². The molecule has 1 aliphatic carbocycles. The van der Waals surface area contributed by atoms with E-state index in [-0.39, 0.29) is 6.54 Å². The second kappa shape index (κ2) is 5.18. The van der Waals surface area contributed by atoms with E-state index < -0.39 is 5.67 Å². The maximum absolute atomic E-state index is 14.4. The van der Waals surface area contributed by atoms with E-state index in [1.165, 1.54) is 17.5 Å². The minimum Gasteiger partial charge on any atom is -0.328 e. The smallest absolute Gasteiger partial charge is 0.123 e. The molecule has 0 saturated heterocycles. The van der Waals surface area contributed by atoms with Crippen molar-refractivity contribution in [1.29, 1.82) is 0 Å². The minimum atomic E-state index is -1.19. The van der Waals surface area contributed by atoms with Crippen LogP contribution in [-0.4, -0.2) is 12.2 Å². The largest absolute Gasteiger partial charge is 0.328 e. The average molecular weight is 235 g/mol. The van der Waals surface area contributed by atoms with Crippen LogP contribution in [0.25, 0.3) is 0 Å². The molecule has 0 bridgehead atoms. The van der Waals surface area contributed by atoms with Crippen molar-refractivity contribution in [2.45, 2.75) is 50.6 Å². The molecule has 2 heteroatoms. The van der Waals surface area contributed by atoms with Gasteiger partial charge in [0.25, 0.3) is 0 Å². The molecule has 0 fully saturated rings. The normalized spacial score (nSPS) is 22.9. The van der Waals surface area contributed by atoms with Gasteiger partial charge in [0.05, 0.1) is 0 Å². The van der Waals surface area contributed by atoms with Gasteiger partial charge in [-0.05, 0) is 49.1 Å². The fourth-order valence-electron chi connectivity index (χ4n) is 2.88. The molecule has 1 aromatic rings. The fraction of sp³-hybridized carbons (Fsp3) is 0.600. The lowest BCUT2D eigenvalue weighted by Crippen LogP contribution is -2.34. The Labute approximate surface area is 103 Å². The molecule has 0 heterocycles. The van der Waals surface area contributed by atoms with Crippen molar-refractivity contribution in [3.63, 3.8) is 0 Å². The van der Waals surface area contributed by atoms with Crippen molar-refractivity contribution < 1.29 is 4.39 Å². The molecule has 0 amide bonds. The number of alkyl halides is 1. The first-order valence-electron chi connectivity index (χ1n) is 6.65. The van der Waals surface area contributed by atoms with Crippen LogP contribution in [0.3, 0.4) is 0 Å². The molecule has 94 valence electrons. The van der Waals surface area contributed by atoms with Crippen LogP contribution in [0.4, 0.5) is 4.39 Å². The lowest BCUT2D eigenvalue weighted by Gasteiger charge is -2.31. The van der Waals surface area contributed by atoms with Gasteiger partial charge in [-0.15, -0.1) is 0 Å². The van der Waals surface area contributed by atoms with E-state index in [9.17, 15) is 4.39 Å². The van der Waals surface area contributed by atoms with Gasteiger partial charge >= 0.3 is 0 Å². The zero-order chi connectivity index (χ0) is 12.3. The molecule has 2 atom stereocenters. The van der Waals surface area contributed by atoms with Crippen molar-refractivity contribution in [3.05, 3.63) is 35.4 Å². The van der Waals surface area contributed by atoms with Gasteiger partial charge in [0, 0.05) is 6.54 Å². The summed E-state index contributed by atoms with van der Waals surface area (Å²) in [6.07, 6.45) is 4.51. The molecule has 2 rings (SSSR count). The summed E-state index contributed by atoms with van der Waals surface area (Å²) in [4.78, 5) is 0. The van der Waals surface area contributed by atoms with Crippen LogP contribution in [-0.2, 0) is 6.42 Å². The summed E-state index contributed by atoms with van der Waals surface area (Å²) in [5.41, 5.74) is 7.15. The van der Waals surface area contributed by atoms with E-state index >= 15 is 0 Å². The minimum absolute atomic E-state index is 0.141. The van der Waals surface area contributed by atoms with Crippen molar-refractivity contribution in [1.82, 2.24) is 0 Å². The number of benzene rings is 1. The Hall–Kier alpha value is -0.890. The first-order chi connectivity index (χ1) is 8.18. The van der Waals surface area contributed by atoms with Crippen LogP contribution < -0.4 is 5.73 Å². The summed E-state index contributed by atoms with van der Waals surface area (Å²) in [6.45, 7) is 2.03. The zero-order valence-electron chi connectivity index (χ0n) is 10.6. The van der Waals surface area contributed by atoms with Gasteiger partial charge in [0.15, 0.2) is 0 Å². The second-order valence-electron chi connectivity index (χ2n) is 5.20. The Balaban J connectivity index is 2.19. The average Bonchev–Trinajstić information content (AvgIpc) is 2.39. The highest BCUT2D eigenvalue weighted by molar-refractivity contribution is 5.32. The van der Waals surface area contributed by atoms with Crippen LogP contribution in [0.2, 0.25) is 0 Å². The van der Waals surface area contributed by atoms with Gasteiger partial charge < -0.3 is 5.73 Å². The number of fused-ring (bicyclic) bond motifs is 1. The van der Waals surface area contributed by atoms with Crippen LogP contribution in [0, 0.1) is 0 Å². The topological polar surface area (TPSA) is 26.0 Å². The highest BCUT2D eigenvalue weighted by Crippen LogP contribution is 2.38. The Morgan fingerprint density at radius 1 is 1.41 bits per heavy atom. The molecule has 0 aromatic heterocycles. The van der Waals surface area contributed by atoms with Gasteiger partial charge in [-0.3, -0.25) is 0 Å². The number of rotatable bonds is 4. The van der Waals surface area contributed by atoms with Gasteiger partial charge in [-0.2, -0.15) is 0 Å². The predicted molar refractivity (Wildman–Crippen MR) is 69.9 cm³/mol. The van der Waals surface area contributed by atoms with Crippen LogP contribution in [0.15, 0.2) is 24.3 Å². The highest BCUT2D eigenvalue weighted by atomic mass is 19.1. The second-order valence-corrected chi connectivity index (χ2v) is 5.20. The number of aryl methyl sites for hydroxylation is 1. The quantitative estimate of drug-likeness (QED) is 0.848. The Morgan fingerprint density at radius 2 is 2.18 bits per heavy atom. The first kappa shape index (κ1) is 12.6. The van der Waals surface area contributed by atoms with E-state index in [1.807, 2.05) is 6.92 Å². The van der Waals surface area contributed by atoms with Crippen LogP contribution in [0.5, 0.6) is 0 Å². The van der Waals surface area contributed by atoms with E-state index in [1.54, 1.807) is 0 Å². The number of halogens is 1. The monoisotopic (exact) mass is 235 g/mol. The van der Waals surface area contributed by atoms with Gasteiger partial charge in [-0.1, -0.05) is 31.2 Å². The molecule has 1 aromatic carbocycles. The third-order valence-electron chi connectivity index (χ3n) is 4.11. The molecule has 2 unspecified atom stereocenters. The highest BCUT2D eigenvalue weighted by Gasteiger charge is 2.32. The van der Waals surface area contributed by atoms with Gasteiger partial charge in [0.2, 0.25) is 0 Å². The summed E-state index contributed by atoms with van der Waals surface area (Å²) in [6, 6.07) is 8.47. The van der Waals surface area contributed by atoms with Crippen molar-refractivity contribution >= 4 is 0 Å². The maximum Gasteiger partial charge on any atom is 0.123 e. The van der Waals surface area contributed by atoms with E-state index in [2.05, 4.69) is 24.3 Å². The van der Waals surface area contributed by atoms with E-state index in [0.717, 1.165) is 12.8 Å². The van der Waals surface area contributed by atoms with Crippen molar-refractivity contribution in [2.24, 2.45) is 5.73 Å². The van der Waals surface area contributed by atoms with Gasteiger partial charge in [0.1, 0.15) is 5.67 Å². The molecular formula is C15H22FN. The molecule has 0 spiro atoms. The first-order valence-corrected chi connectivity index (χ1v) is 6.65. The fourth-order valence-corrected chi connectivity index (χ4v) is 2.88. The van der Waals surface area contributed by atoms with E-state index in [0.29, 0.717) is 18.8 Å². The summed E-state index contributed by atoms with van der Waals surface area (Å²) in [7, 11) is 0. The van der Waals surface area contributed by atoms with Crippen LogP contribution in [0.1, 0.15) is 49.7 Å². The molecule has 1 aliphatic rings. The lowest BCUT2D eigenvalue weighted by molar-refractivity contribution is 0.138. The third kappa shape index (κ3) is 2.68. The molecule has 0 radical (unpaired) electrons. The molecule has 0 aliphatic heterocycles. The van der Waals surface area contributed by atoms with Crippen molar-refractivity contribution in [2.75, 3.05) is 6.54 Å². The molecule has 1 nitrogen and oxygen atoms in total. The molecule has 2 N–H and O–H groups in total. The summed E-state index contributed by atoms with van der Waals surface area (Å²) < 4.78 is 14.4. The lowest BCUT2D eigenvalue weighted by atomic mass is 9.77. The zero-order valence-corrected chi connectivity index (χ0v) is 10.6. The summed E-state index contributed by atoms with van der Waals surface area (Å²) >= 11 is 0. The number of hydrogen-bond acceptors (Lipinski definition) is 1. The molecule has 17 heavy (non-hydrogen) atoms. The van der Waals surface area contributed by atoms with E-state index in [4.69, 9.17) is 5.73 Å². The maximum atomic E-state index is 14.4.